The van der Waals surface area contributed by atoms with Gasteiger partial charge in [-0.15, -0.1) is 11.3 Å². The molecule has 0 bridgehead atoms. The second kappa shape index (κ2) is 6.24. The lowest BCUT2D eigenvalue weighted by Gasteiger charge is -2.43. The smallest absolute Gasteiger partial charge is 0.142 e. The van der Waals surface area contributed by atoms with Crippen LogP contribution in [0.25, 0.3) is 6.08 Å². The average Bonchev–Trinajstić information content (AvgIpc) is 2.87. The Labute approximate surface area is 161 Å². The number of fused-ring (bicyclic) bond motifs is 4. The van der Waals surface area contributed by atoms with Crippen LogP contribution in [0.15, 0.2) is 29.3 Å². The van der Waals surface area contributed by atoms with Gasteiger partial charge in [-0.3, -0.25) is 9.89 Å². The van der Waals surface area contributed by atoms with Gasteiger partial charge in [-0.05, 0) is 43.0 Å². The van der Waals surface area contributed by atoms with Crippen LogP contribution in [0.4, 0.5) is 20.8 Å². The largest absolute Gasteiger partial charge is 0.372 e. The fourth-order valence-electron chi connectivity index (χ4n) is 3.96. The van der Waals surface area contributed by atoms with E-state index in [4.69, 9.17) is 0 Å². The first-order valence-corrected chi connectivity index (χ1v) is 9.95. The number of halogens is 1. The van der Waals surface area contributed by atoms with Crippen molar-refractivity contribution in [2.75, 3.05) is 38.5 Å². The standard InChI is InChI=1S/C20H21FN4OS/c1-24-6-8-25(9-7-24)20(26)5-4-18-14(11-20)15-12-22-16-3-2-13(21)10-17(16)23-19(15)27-18/h2-5,10,12,23,26H,6-9,11H2,1H3. The van der Waals surface area contributed by atoms with Gasteiger partial charge in [-0.2, -0.15) is 0 Å². The number of hydrogen-bond donors (Lipinski definition) is 2. The molecule has 0 saturated carbocycles. The number of nitrogens with one attached hydrogen (secondary N) is 1. The Morgan fingerprint density at radius 1 is 1.26 bits per heavy atom. The molecule has 2 aromatic rings. The molecule has 1 aliphatic carbocycles. The molecule has 1 fully saturated rings. The van der Waals surface area contributed by atoms with Crippen molar-refractivity contribution in [1.29, 1.82) is 0 Å². The summed E-state index contributed by atoms with van der Waals surface area (Å²) in [6, 6.07) is 4.57. The average molecular weight is 384 g/mol. The fraction of sp³-hybridized carbons (Fsp3) is 0.350. The third kappa shape index (κ3) is 2.91. The van der Waals surface area contributed by atoms with Crippen LogP contribution in [-0.4, -0.2) is 60.1 Å². The van der Waals surface area contributed by atoms with Crippen molar-refractivity contribution in [2.45, 2.75) is 12.1 Å². The van der Waals surface area contributed by atoms with Crippen molar-refractivity contribution < 1.29 is 9.50 Å². The number of hydrogen-bond acceptors (Lipinski definition) is 6. The predicted octanol–water partition coefficient (Wildman–Crippen LogP) is 3.20. The zero-order valence-electron chi connectivity index (χ0n) is 15.1. The van der Waals surface area contributed by atoms with Gasteiger partial charge in [0.15, 0.2) is 0 Å². The quantitative estimate of drug-likeness (QED) is 0.677. The van der Waals surface area contributed by atoms with E-state index < -0.39 is 5.72 Å². The number of benzene rings is 1. The Morgan fingerprint density at radius 3 is 2.89 bits per heavy atom. The first kappa shape index (κ1) is 17.1. The number of likely N-dealkylation sites (N-methyl/N-ethyl adjacent to an activating group) is 1. The SMILES string of the molecule is CN1CCN(C2(O)C=Cc3sc4c(c3C2)C=Nc2ccc(F)cc2N4)CC1. The molecule has 1 aromatic carbocycles. The number of aliphatic hydroxyl groups is 1. The number of aliphatic imine (C=N–C) groups is 1. The van der Waals surface area contributed by atoms with E-state index in [0.717, 1.165) is 47.2 Å². The van der Waals surface area contributed by atoms with Gasteiger partial charge in [0.2, 0.25) is 0 Å². The van der Waals surface area contributed by atoms with E-state index in [1.54, 1.807) is 17.4 Å². The normalized spacial score (nSPS) is 24.7. The molecule has 2 aliphatic heterocycles. The summed E-state index contributed by atoms with van der Waals surface area (Å²) in [5.41, 5.74) is 2.51. The van der Waals surface area contributed by atoms with Gasteiger partial charge in [-0.25, -0.2) is 4.39 Å². The van der Waals surface area contributed by atoms with Gasteiger partial charge in [0, 0.05) is 49.3 Å². The Morgan fingerprint density at radius 2 is 2.07 bits per heavy atom. The monoisotopic (exact) mass is 384 g/mol. The van der Waals surface area contributed by atoms with Crippen molar-refractivity contribution in [3.8, 4) is 0 Å². The summed E-state index contributed by atoms with van der Waals surface area (Å²) in [6.07, 6.45) is 6.30. The van der Waals surface area contributed by atoms with Gasteiger partial charge in [0.05, 0.1) is 11.4 Å². The zero-order valence-corrected chi connectivity index (χ0v) is 15.9. The second-order valence-corrected chi connectivity index (χ2v) is 8.46. The molecule has 27 heavy (non-hydrogen) atoms. The number of nitrogens with zero attached hydrogens (tertiary/aromatic N) is 3. The third-order valence-corrected chi connectivity index (χ3v) is 6.74. The Balaban J connectivity index is 1.49. The molecule has 3 aliphatic rings. The van der Waals surface area contributed by atoms with Crippen molar-refractivity contribution in [3.05, 3.63) is 46.1 Å². The van der Waals surface area contributed by atoms with E-state index in [1.165, 1.54) is 12.1 Å². The minimum Gasteiger partial charge on any atom is -0.372 e. The van der Waals surface area contributed by atoms with Crippen molar-refractivity contribution in [2.24, 2.45) is 4.99 Å². The number of piperazine rings is 1. The van der Waals surface area contributed by atoms with Crippen molar-refractivity contribution >= 4 is 40.0 Å². The van der Waals surface area contributed by atoms with Crippen LogP contribution in [0, 0.1) is 5.82 Å². The van der Waals surface area contributed by atoms with E-state index >= 15 is 0 Å². The van der Waals surface area contributed by atoms with Gasteiger partial charge in [0.1, 0.15) is 16.5 Å². The highest BCUT2D eigenvalue weighted by Crippen LogP contribution is 2.44. The Bertz CT molecular complexity index is 961. The minimum atomic E-state index is -0.970. The van der Waals surface area contributed by atoms with E-state index in [0.29, 0.717) is 17.8 Å². The highest BCUT2D eigenvalue weighted by atomic mass is 32.1. The molecular formula is C20H21FN4OS. The van der Waals surface area contributed by atoms with Crippen molar-refractivity contribution in [3.63, 3.8) is 0 Å². The third-order valence-electron chi connectivity index (χ3n) is 5.61. The maximum absolute atomic E-state index is 13.6. The Kier molecular flexibility index (Phi) is 3.94. The van der Waals surface area contributed by atoms with E-state index in [1.807, 2.05) is 18.4 Å². The van der Waals surface area contributed by atoms with Crippen molar-refractivity contribution in [1.82, 2.24) is 9.80 Å². The molecule has 1 saturated heterocycles. The summed E-state index contributed by atoms with van der Waals surface area (Å²) in [4.78, 5) is 10.1. The van der Waals surface area contributed by atoms with Crippen LogP contribution in [0.3, 0.4) is 0 Å². The van der Waals surface area contributed by atoms with Crippen LogP contribution in [0.5, 0.6) is 0 Å². The van der Waals surface area contributed by atoms with Crippen LogP contribution in [0.1, 0.15) is 16.0 Å². The predicted molar refractivity (Wildman–Crippen MR) is 108 cm³/mol. The first-order chi connectivity index (χ1) is 13.0. The summed E-state index contributed by atoms with van der Waals surface area (Å²) >= 11 is 1.62. The highest BCUT2D eigenvalue weighted by molar-refractivity contribution is 7.17. The van der Waals surface area contributed by atoms with Gasteiger partial charge in [-0.1, -0.05) is 0 Å². The molecule has 0 spiro atoms. The molecule has 5 nitrogen and oxygen atoms in total. The molecule has 2 N–H and O–H groups in total. The van der Waals surface area contributed by atoms with E-state index in [2.05, 4.69) is 27.2 Å². The Hall–Kier alpha value is -2.06. The lowest BCUT2D eigenvalue weighted by molar-refractivity contribution is -0.0845. The highest BCUT2D eigenvalue weighted by Gasteiger charge is 2.38. The number of thiophene rings is 1. The van der Waals surface area contributed by atoms with Crippen LogP contribution < -0.4 is 5.32 Å². The molecule has 1 aromatic heterocycles. The summed E-state index contributed by atoms with van der Waals surface area (Å²) in [6.45, 7) is 3.59. The van der Waals surface area contributed by atoms with Gasteiger partial charge < -0.3 is 15.3 Å². The molecule has 5 rings (SSSR count). The molecule has 1 atom stereocenters. The topological polar surface area (TPSA) is 51.1 Å². The molecule has 7 heteroatoms. The van der Waals surface area contributed by atoms with E-state index in [-0.39, 0.29) is 5.82 Å². The summed E-state index contributed by atoms with van der Waals surface area (Å²) < 4.78 is 13.6. The molecular weight excluding hydrogens is 363 g/mol. The second-order valence-electron chi connectivity index (χ2n) is 7.41. The van der Waals surface area contributed by atoms with Gasteiger partial charge >= 0.3 is 0 Å². The minimum absolute atomic E-state index is 0.287. The summed E-state index contributed by atoms with van der Waals surface area (Å²) in [5, 5.41) is 15.6. The van der Waals surface area contributed by atoms with Crippen LogP contribution in [0.2, 0.25) is 0 Å². The maximum Gasteiger partial charge on any atom is 0.142 e. The lowest BCUT2D eigenvalue weighted by Crippen LogP contribution is -2.57. The molecule has 1 unspecified atom stereocenters. The molecule has 0 radical (unpaired) electrons. The number of anilines is 2. The summed E-state index contributed by atoms with van der Waals surface area (Å²) in [7, 11) is 2.11. The fourth-order valence-corrected chi connectivity index (χ4v) is 5.07. The lowest BCUT2D eigenvalue weighted by atomic mass is 9.92. The maximum atomic E-state index is 13.6. The number of rotatable bonds is 1. The first-order valence-electron chi connectivity index (χ1n) is 9.13. The zero-order chi connectivity index (χ0) is 18.6. The van der Waals surface area contributed by atoms with Gasteiger partial charge in [0.25, 0.3) is 0 Å². The molecule has 140 valence electrons. The summed E-state index contributed by atoms with van der Waals surface area (Å²) in [5.74, 6) is -0.287. The van der Waals surface area contributed by atoms with E-state index in [9.17, 15) is 9.50 Å². The van der Waals surface area contributed by atoms with Crippen LogP contribution in [-0.2, 0) is 6.42 Å². The van der Waals surface area contributed by atoms with Crippen LogP contribution >= 0.6 is 11.3 Å². The molecule has 0 amide bonds. The molecule has 3 heterocycles.